The lowest BCUT2D eigenvalue weighted by molar-refractivity contribution is 0.607. The van der Waals surface area contributed by atoms with Crippen LogP contribution in [0.5, 0.6) is 0 Å². The monoisotopic (exact) mass is 239 g/mol. The molecule has 0 fully saturated rings. The number of aromatic amines is 1. The van der Waals surface area contributed by atoms with Crippen LogP contribution in [0.15, 0.2) is 17.1 Å². The predicted octanol–water partition coefficient (Wildman–Crippen LogP) is 1.12. The van der Waals surface area contributed by atoms with Gasteiger partial charge in [-0.25, -0.2) is 4.39 Å². The van der Waals surface area contributed by atoms with E-state index >= 15 is 0 Å². The molecule has 0 saturated carbocycles. The molecule has 1 aromatic heterocycles. The number of nitrogens with one attached hydrogen (secondary N) is 1. The molecule has 0 radical (unpaired) electrons. The molecule has 0 atom stereocenters. The van der Waals surface area contributed by atoms with Crippen LogP contribution < -0.4 is 5.56 Å². The van der Waals surface area contributed by atoms with Crippen molar-refractivity contribution in [2.24, 2.45) is 0 Å². The topological polar surface area (TPSA) is 32.9 Å². The number of rotatable bonds is 0. The predicted molar refractivity (Wildman–Crippen MR) is 39.7 cm³/mol. The lowest BCUT2D eigenvalue weighted by Gasteiger charge is -1.86. The standard InChI is InChI=1S/C5H3FINO/c6-4-1-3(7)2-8-5(4)9/h1-2H,(H,8,9). The third kappa shape index (κ3) is 1.51. The van der Waals surface area contributed by atoms with Crippen molar-refractivity contribution in [1.29, 1.82) is 0 Å². The van der Waals surface area contributed by atoms with Gasteiger partial charge in [-0.2, -0.15) is 0 Å². The van der Waals surface area contributed by atoms with Gasteiger partial charge in [0.1, 0.15) is 0 Å². The molecule has 4 heteroatoms. The molecule has 0 aromatic carbocycles. The molecule has 0 bridgehead atoms. The van der Waals surface area contributed by atoms with Gasteiger partial charge in [0.15, 0.2) is 5.82 Å². The van der Waals surface area contributed by atoms with Crippen molar-refractivity contribution in [3.63, 3.8) is 0 Å². The van der Waals surface area contributed by atoms with Crippen LogP contribution in [0.3, 0.4) is 0 Å². The minimum absolute atomic E-state index is 0.671. The Morgan fingerprint density at radius 3 is 2.78 bits per heavy atom. The molecule has 1 rings (SSSR count). The Morgan fingerprint density at radius 1 is 1.67 bits per heavy atom. The minimum Gasteiger partial charge on any atom is -0.326 e. The second kappa shape index (κ2) is 2.47. The van der Waals surface area contributed by atoms with Gasteiger partial charge >= 0.3 is 0 Å². The maximum absolute atomic E-state index is 12.2. The van der Waals surface area contributed by atoms with Crippen molar-refractivity contribution in [3.05, 3.63) is 32.0 Å². The van der Waals surface area contributed by atoms with E-state index in [1.165, 1.54) is 12.3 Å². The van der Waals surface area contributed by atoms with Crippen molar-refractivity contribution >= 4 is 22.6 Å². The van der Waals surface area contributed by atoms with Crippen LogP contribution in [0.4, 0.5) is 4.39 Å². The van der Waals surface area contributed by atoms with Gasteiger partial charge in [-0.1, -0.05) is 0 Å². The zero-order chi connectivity index (χ0) is 6.85. The number of halogens is 2. The van der Waals surface area contributed by atoms with E-state index in [1.807, 2.05) is 22.6 Å². The summed E-state index contributed by atoms with van der Waals surface area (Å²) >= 11 is 1.91. The summed E-state index contributed by atoms with van der Waals surface area (Å²) in [5.74, 6) is -0.734. The Labute approximate surface area is 64.2 Å². The SMILES string of the molecule is O=c1[nH]cc(I)cc1F. The van der Waals surface area contributed by atoms with Gasteiger partial charge in [-0.15, -0.1) is 0 Å². The molecular formula is C5H3FINO. The maximum Gasteiger partial charge on any atom is 0.284 e. The number of aromatic nitrogens is 1. The van der Waals surface area contributed by atoms with Gasteiger partial charge in [0.2, 0.25) is 0 Å². The molecule has 48 valence electrons. The van der Waals surface area contributed by atoms with E-state index in [4.69, 9.17) is 0 Å². The van der Waals surface area contributed by atoms with Crippen molar-refractivity contribution in [2.45, 2.75) is 0 Å². The van der Waals surface area contributed by atoms with E-state index in [0.717, 1.165) is 0 Å². The fourth-order valence-corrected chi connectivity index (χ4v) is 0.861. The molecule has 1 N–H and O–H groups in total. The van der Waals surface area contributed by atoms with Crippen LogP contribution in [0.1, 0.15) is 0 Å². The molecule has 0 saturated heterocycles. The summed E-state index contributed by atoms with van der Waals surface area (Å²) in [6.45, 7) is 0. The molecule has 0 aliphatic rings. The van der Waals surface area contributed by atoms with Crippen LogP contribution in [-0.4, -0.2) is 4.98 Å². The third-order valence-electron chi connectivity index (χ3n) is 0.823. The van der Waals surface area contributed by atoms with E-state index in [2.05, 4.69) is 4.98 Å². The highest BCUT2D eigenvalue weighted by Crippen LogP contribution is 1.99. The van der Waals surface area contributed by atoms with Crippen molar-refractivity contribution < 1.29 is 4.39 Å². The Hall–Kier alpha value is -0.390. The molecule has 0 unspecified atom stereocenters. The largest absolute Gasteiger partial charge is 0.326 e. The fraction of sp³-hybridized carbons (Fsp3) is 0. The summed E-state index contributed by atoms with van der Waals surface area (Å²) in [5, 5.41) is 0. The Morgan fingerprint density at radius 2 is 2.33 bits per heavy atom. The number of hydrogen-bond donors (Lipinski definition) is 1. The van der Waals surface area contributed by atoms with Crippen molar-refractivity contribution in [2.75, 3.05) is 0 Å². The number of hydrogen-bond acceptors (Lipinski definition) is 1. The molecule has 2 nitrogen and oxygen atoms in total. The second-order valence-electron chi connectivity index (χ2n) is 1.49. The summed E-state index contributed by atoms with van der Waals surface area (Å²) in [7, 11) is 0. The van der Waals surface area contributed by atoms with E-state index < -0.39 is 11.4 Å². The normalized spacial score (nSPS) is 9.56. The first-order valence-electron chi connectivity index (χ1n) is 2.24. The van der Waals surface area contributed by atoms with Gasteiger partial charge in [-0.3, -0.25) is 4.79 Å². The van der Waals surface area contributed by atoms with Gasteiger partial charge < -0.3 is 4.98 Å². The van der Waals surface area contributed by atoms with E-state index in [0.29, 0.717) is 3.57 Å². The number of pyridine rings is 1. The first-order chi connectivity index (χ1) is 4.20. The lowest BCUT2D eigenvalue weighted by Crippen LogP contribution is -2.08. The molecule has 0 aliphatic carbocycles. The Kier molecular flexibility index (Phi) is 1.84. The lowest BCUT2D eigenvalue weighted by atomic mass is 10.5. The third-order valence-corrected chi connectivity index (χ3v) is 1.45. The fourth-order valence-electron chi connectivity index (χ4n) is 0.432. The summed E-state index contributed by atoms with van der Waals surface area (Å²) in [5.41, 5.74) is -0.671. The summed E-state index contributed by atoms with van der Waals surface area (Å²) in [6.07, 6.45) is 1.45. The molecule has 0 aliphatic heterocycles. The molecule has 0 spiro atoms. The van der Waals surface area contributed by atoms with Gasteiger partial charge in [0, 0.05) is 9.77 Å². The number of H-pyrrole nitrogens is 1. The average Bonchev–Trinajstić information content (AvgIpc) is 1.80. The first kappa shape index (κ1) is 6.73. The molecule has 1 heterocycles. The van der Waals surface area contributed by atoms with Crippen molar-refractivity contribution in [3.8, 4) is 0 Å². The molecule has 1 aromatic rings. The quantitative estimate of drug-likeness (QED) is 0.676. The minimum atomic E-state index is -0.734. The summed E-state index contributed by atoms with van der Waals surface area (Å²) < 4.78 is 12.9. The van der Waals surface area contributed by atoms with Crippen LogP contribution in [0.2, 0.25) is 0 Å². The van der Waals surface area contributed by atoms with E-state index in [-0.39, 0.29) is 0 Å². The molecule has 0 amide bonds. The van der Waals surface area contributed by atoms with E-state index in [9.17, 15) is 9.18 Å². The van der Waals surface area contributed by atoms with Crippen LogP contribution in [-0.2, 0) is 0 Å². The van der Waals surface area contributed by atoms with E-state index in [1.54, 1.807) is 0 Å². The average molecular weight is 239 g/mol. The highest BCUT2D eigenvalue weighted by Gasteiger charge is 1.94. The highest BCUT2D eigenvalue weighted by molar-refractivity contribution is 14.1. The smallest absolute Gasteiger partial charge is 0.284 e. The maximum atomic E-state index is 12.2. The van der Waals surface area contributed by atoms with Gasteiger partial charge in [0.25, 0.3) is 5.56 Å². The Bertz CT molecular complexity index is 270. The summed E-state index contributed by atoms with van der Waals surface area (Å²) in [4.78, 5) is 12.6. The van der Waals surface area contributed by atoms with Crippen LogP contribution in [0.25, 0.3) is 0 Å². The van der Waals surface area contributed by atoms with Gasteiger partial charge in [-0.05, 0) is 28.7 Å². The molecular weight excluding hydrogens is 236 g/mol. The highest BCUT2D eigenvalue weighted by atomic mass is 127. The van der Waals surface area contributed by atoms with Gasteiger partial charge in [0.05, 0.1) is 0 Å². The van der Waals surface area contributed by atoms with Crippen LogP contribution in [0, 0.1) is 9.39 Å². The van der Waals surface area contributed by atoms with Crippen LogP contribution >= 0.6 is 22.6 Å². The zero-order valence-corrected chi connectivity index (χ0v) is 6.48. The van der Waals surface area contributed by atoms with Crippen molar-refractivity contribution in [1.82, 2.24) is 4.98 Å². The first-order valence-corrected chi connectivity index (χ1v) is 3.32. The Balaban J connectivity index is 3.34. The summed E-state index contributed by atoms with van der Waals surface area (Å²) in [6, 6.07) is 1.18. The second-order valence-corrected chi connectivity index (χ2v) is 2.74. The molecule has 9 heavy (non-hydrogen) atoms. The zero-order valence-electron chi connectivity index (χ0n) is 4.32.